The van der Waals surface area contributed by atoms with Gasteiger partial charge in [-0.3, -0.25) is 9.80 Å². The van der Waals surface area contributed by atoms with E-state index in [1.165, 1.54) is 5.56 Å². The Morgan fingerprint density at radius 2 is 1.37 bits per heavy atom. The van der Waals surface area contributed by atoms with Gasteiger partial charge in [-0.1, -0.05) is 60.7 Å². The van der Waals surface area contributed by atoms with Gasteiger partial charge in [0.2, 0.25) is 0 Å². The van der Waals surface area contributed by atoms with Crippen LogP contribution in [0.3, 0.4) is 0 Å². The monoisotopic (exact) mass is 427 g/mol. The minimum Gasteiger partial charge on any atom is -0.412 e. The molecule has 7 heteroatoms. The summed E-state index contributed by atoms with van der Waals surface area (Å²) in [7, 11) is 0. The Bertz CT molecular complexity index is 840. The van der Waals surface area contributed by atoms with Crippen molar-refractivity contribution in [2.24, 2.45) is 0 Å². The Labute approximate surface area is 184 Å². The van der Waals surface area contributed by atoms with Gasteiger partial charge in [0.1, 0.15) is 5.82 Å². The molecule has 160 valence electrons. The lowest BCUT2D eigenvalue weighted by atomic mass is 10.1. The number of anilines is 1. The van der Waals surface area contributed by atoms with E-state index in [0.717, 1.165) is 62.9 Å². The average Bonchev–Trinajstić information content (AvgIpc) is 2.77. The smallest absolute Gasteiger partial charge is 0.148 e. The second-order valence-corrected chi connectivity index (χ2v) is 7.20. The van der Waals surface area contributed by atoms with E-state index in [1.807, 2.05) is 30.3 Å². The van der Waals surface area contributed by atoms with Gasteiger partial charge in [-0.25, -0.2) is 0 Å². The van der Waals surface area contributed by atoms with Gasteiger partial charge in [-0.15, -0.1) is 22.6 Å². The van der Waals surface area contributed by atoms with Gasteiger partial charge in [0.05, 0.1) is 5.69 Å². The van der Waals surface area contributed by atoms with Crippen LogP contribution in [0.5, 0.6) is 0 Å². The highest BCUT2D eigenvalue weighted by molar-refractivity contribution is 5.85. The molecule has 1 aromatic heterocycles. The van der Waals surface area contributed by atoms with Crippen LogP contribution >= 0.6 is 12.4 Å². The molecule has 0 radical (unpaired) electrons. The second kappa shape index (κ2) is 12.2. The van der Waals surface area contributed by atoms with E-state index in [2.05, 4.69) is 67.8 Å². The zero-order valence-corrected chi connectivity index (χ0v) is 17.9. The standard InChI is InChI=1S/C23H27N5.ClH.H2O/c1-3-7-20(8-4-1)19-28-17-15-27(16-18-28)14-13-24-23-12-11-22(25-26-23)21-9-5-2-6-10-21;;/h1-12H,13-19H2,(H,24,26);1H;1H2. The van der Waals surface area contributed by atoms with Gasteiger partial charge >= 0.3 is 0 Å². The van der Waals surface area contributed by atoms with Crippen molar-refractivity contribution in [3.05, 3.63) is 78.4 Å². The van der Waals surface area contributed by atoms with E-state index in [-0.39, 0.29) is 17.9 Å². The molecule has 0 spiro atoms. The number of hydrogen-bond acceptors (Lipinski definition) is 5. The maximum Gasteiger partial charge on any atom is 0.148 e. The maximum atomic E-state index is 4.33. The van der Waals surface area contributed by atoms with Crippen molar-refractivity contribution in [2.75, 3.05) is 44.6 Å². The number of nitrogens with one attached hydrogen (secondary N) is 1. The molecule has 4 rings (SSSR count). The van der Waals surface area contributed by atoms with Crippen molar-refractivity contribution in [3.8, 4) is 11.3 Å². The molecule has 2 aromatic carbocycles. The topological polar surface area (TPSA) is 75.8 Å². The van der Waals surface area contributed by atoms with Crippen LogP contribution in [-0.2, 0) is 6.54 Å². The molecule has 30 heavy (non-hydrogen) atoms. The van der Waals surface area contributed by atoms with Gasteiger partial charge < -0.3 is 10.8 Å². The molecular formula is C23H30ClN5O. The van der Waals surface area contributed by atoms with E-state index < -0.39 is 0 Å². The van der Waals surface area contributed by atoms with E-state index in [0.29, 0.717) is 0 Å². The third-order valence-corrected chi connectivity index (χ3v) is 5.18. The number of nitrogens with zero attached hydrogens (tertiary/aromatic N) is 4. The Balaban J connectivity index is 0.00000160. The van der Waals surface area contributed by atoms with Crippen LogP contribution in [0.1, 0.15) is 5.56 Å². The molecule has 2 heterocycles. The van der Waals surface area contributed by atoms with Crippen LogP contribution in [-0.4, -0.2) is 64.7 Å². The van der Waals surface area contributed by atoms with Crippen molar-refractivity contribution >= 4 is 18.2 Å². The largest absolute Gasteiger partial charge is 0.412 e. The highest BCUT2D eigenvalue weighted by atomic mass is 35.5. The van der Waals surface area contributed by atoms with Crippen molar-refractivity contribution in [2.45, 2.75) is 6.54 Å². The summed E-state index contributed by atoms with van der Waals surface area (Å²) in [5.41, 5.74) is 3.39. The summed E-state index contributed by atoms with van der Waals surface area (Å²) < 4.78 is 0. The fourth-order valence-electron chi connectivity index (χ4n) is 3.54. The number of piperazine rings is 1. The van der Waals surface area contributed by atoms with Crippen molar-refractivity contribution in [3.63, 3.8) is 0 Å². The van der Waals surface area contributed by atoms with Crippen LogP contribution in [0.25, 0.3) is 11.3 Å². The Morgan fingerprint density at radius 3 is 2.00 bits per heavy atom. The number of halogens is 1. The highest BCUT2D eigenvalue weighted by Gasteiger charge is 2.16. The van der Waals surface area contributed by atoms with Gasteiger partial charge in [0.15, 0.2) is 0 Å². The molecule has 0 aliphatic carbocycles. The van der Waals surface area contributed by atoms with Gasteiger partial charge in [-0.2, -0.15) is 0 Å². The lowest BCUT2D eigenvalue weighted by molar-refractivity contribution is 0.130. The lowest BCUT2D eigenvalue weighted by Gasteiger charge is -2.34. The number of rotatable bonds is 7. The molecule has 0 unspecified atom stereocenters. The number of hydrogen-bond donors (Lipinski definition) is 1. The fourth-order valence-corrected chi connectivity index (χ4v) is 3.54. The van der Waals surface area contributed by atoms with Gasteiger partial charge in [0.25, 0.3) is 0 Å². The summed E-state index contributed by atoms with van der Waals surface area (Å²) >= 11 is 0. The van der Waals surface area contributed by atoms with Crippen LogP contribution in [0.2, 0.25) is 0 Å². The summed E-state index contributed by atoms with van der Waals surface area (Å²) in [5.74, 6) is 0.836. The first-order chi connectivity index (χ1) is 13.9. The molecule has 6 nitrogen and oxygen atoms in total. The zero-order chi connectivity index (χ0) is 19.0. The molecule has 3 aromatic rings. The van der Waals surface area contributed by atoms with Crippen molar-refractivity contribution < 1.29 is 5.48 Å². The summed E-state index contributed by atoms with van der Waals surface area (Å²) in [6.07, 6.45) is 0. The number of benzene rings is 2. The maximum absolute atomic E-state index is 4.33. The van der Waals surface area contributed by atoms with E-state index in [9.17, 15) is 0 Å². The molecule has 0 saturated carbocycles. The third-order valence-electron chi connectivity index (χ3n) is 5.18. The van der Waals surface area contributed by atoms with Crippen LogP contribution in [0.4, 0.5) is 5.82 Å². The highest BCUT2D eigenvalue weighted by Crippen LogP contribution is 2.16. The fraction of sp³-hybridized carbons (Fsp3) is 0.304. The van der Waals surface area contributed by atoms with Crippen LogP contribution < -0.4 is 5.32 Å². The van der Waals surface area contributed by atoms with Crippen molar-refractivity contribution in [1.82, 2.24) is 20.0 Å². The van der Waals surface area contributed by atoms with Gasteiger partial charge in [0, 0.05) is 51.4 Å². The summed E-state index contributed by atoms with van der Waals surface area (Å²) in [5, 5.41) is 12.0. The molecule has 3 N–H and O–H groups in total. The minimum absolute atomic E-state index is 0. The van der Waals surface area contributed by atoms with Crippen molar-refractivity contribution in [1.29, 1.82) is 0 Å². The predicted molar refractivity (Wildman–Crippen MR) is 125 cm³/mol. The zero-order valence-electron chi connectivity index (χ0n) is 17.1. The number of aromatic nitrogens is 2. The molecule has 1 aliphatic heterocycles. The Hall–Kier alpha value is -2.51. The normalized spacial score (nSPS) is 14.4. The first-order valence-electron chi connectivity index (χ1n) is 9.98. The van der Waals surface area contributed by atoms with Crippen LogP contribution in [0.15, 0.2) is 72.8 Å². The van der Waals surface area contributed by atoms with Gasteiger partial charge in [-0.05, 0) is 17.7 Å². The quantitative estimate of drug-likeness (QED) is 0.627. The Morgan fingerprint density at radius 1 is 0.733 bits per heavy atom. The van der Waals surface area contributed by atoms with Crippen LogP contribution in [0, 0.1) is 0 Å². The van der Waals surface area contributed by atoms with E-state index >= 15 is 0 Å². The molecule has 0 atom stereocenters. The molecule has 1 fully saturated rings. The third kappa shape index (κ3) is 6.78. The lowest BCUT2D eigenvalue weighted by Crippen LogP contribution is -2.47. The van der Waals surface area contributed by atoms with E-state index in [1.54, 1.807) is 0 Å². The molecule has 1 aliphatic rings. The predicted octanol–water partition coefficient (Wildman–Crippen LogP) is 2.97. The summed E-state index contributed by atoms with van der Waals surface area (Å²) in [4.78, 5) is 5.05. The average molecular weight is 428 g/mol. The first kappa shape index (κ1) is 23.8. The minimum atomic E-state index is 0. The van der Waals surface area contributed by atoms with E-state index in [4.69, 9.17) is 0 Å². The first-order valence-corrected chi connectivity index (χ1v) is 9.98. The summed E-state index contributed by atoms with van der Waals surface area (Å²) in [6, 6.07) is 24.9. The molecule has 0 amide bonds. The summed E-state index contributed by atoms with van der Waals surface area (Å²) in [6.45, 7) is 7.46. The Kier molecular flexibility index (Phi) is 9.70. The SMILES string of the molecule is Cl.O.c1ccc(CN2CCN(CCNc3ccc(-c4ccccc4)nn3)CC2)cc1. The molecule has 0 bridgehead atoms. The second-order valence-electron chi connectivity index (χ2n) is 7.20. The molecule has 1 saturated heterocycles. The molecular weight excluding hydrogens is 398 g/mol.